The first kappa shape index (κ1) is 19.1. The number of halogens is 1. The van der Waals surface area contributed by atoms with Gasteiger partial charge in [-0.1, -0.05) is 42.5 Å². The predicted molar refractivity (Wildman–Crippen MR) is 103 cm³/mol. The van der Waals surface area contributed by atoms with E-state index in [1.54, 1.807) is 24.3 Å². The second kappa shape index (κ2) is 9.32. The van der Waals surface area contributed by atoms with Crippen LogP contribution in [0.2, 0.25) is 0 Å². The summed E-state index contributed by atoms with van der Waals surface area (Å²) < 4.78 is 24.0. The third kappa shape index (κ3) is 5.41. The van der Waals surface area contributed by atoms with Crippen LogP contribution in [0.25, 0.3) is 0 Å². The number of anilines is 1. The Bertz CT molecular complexity index is 942. The maximum absolute atomic E-state index is 13.5. The lowest BCUT2D eigenvalue weighted by molar-refractivity contribution is -0.119. The van der Waals surface area contributed by atoms with Crippen molar-refractivity contribution in [3.05, 3.63) is 95.8 Å². The molecule has 0 bridgehead atoms. The Balaban J connectivity index is 1.46. The lowest BCUT2D eigenvalue weighted by atomic mass is 10.2. The van der Waals surface area contributed by atoms with Gasteiger partial charge in [0.1, 0.15) is 18.2 Å². The topological polar surface area (TPSA) is 64.6 Å². The number of ether oxygens (including phenoxy) is 2. The summed E-state index contributed by atoms with van der Waals surface area (Å²) in [6.07, 6.45) is 0. The number of hydrogen-bond acceptors (Lipinski definition) is 4. The van der Waals surface area contributed by atoms with Gasteiger partial charge in [0.15, 0.2) is 6.61 Å². The fraction of sp³-hybridized carbons (Fsp3) is 0.0909. The van der Waals surface area contributed by atoms with Gasteiger partial charge in [-0.25, -0.2) is 9.18 Å². The third-order valence-electron chi connectivity index (χ3n) is 3.81. The van der Waals surface area contributed by atoms with Crippen molar-refractivity contribution in [2.45, 2.75) is 6.61 Å². The summed E-state index contributed by atoms with van der Waals surface area (Å²) in [5.74, 6) is -1.45. The highest BCUT2D eigenvalue weighted by Crippen LogP contribution is 2.17. The zero-order chi connectivity index (χ0) is 19.8. The number of nitrogens with one attached hydrogen (secondary N) is 1. The standard InChI is InChI=1S/C22H18FNO4/c23-20-9-5-4-8-19(20)22(26)28-15-21(25)24-17-10-12-18(13-11-17)27-14-16-6-2-1-3-7-16/h1-13H,14-15H2,(H,24,25). The smallest absolute Gasteiger partial charge is 0.341 e. The summed E-state index contributed by atoms with van der Waals surface area (Å²) in [6.45, 7) is -0.0715. The molecule has 5 nitrogen and oxygen atoms in total. The summed E-state index contributed by atoms with van der Waals surface area (Å²) in [7, 11) is 0. The summed E-state index contributed by atoms with van der Waals surface area (Å²) >= 11 is 0. The molecule has 0 atom stereocenters. The van der Waals surface area contributed by atoms with E-state index in [1.807, 2.05) is 30.3 Å². The number of carbonyl (C=O) groups excluding carboxylic acids is 2. The van der Waals surface area contributed by atoms with E-state index in [2.05, 4.69) is 5.32 Å². The van der Waals surface area contributed by atoms with Crippen molar-refractivity contribution in [3.63, 3.8) is 0 Å². The maximum atomic E-state index is 13.5. The molecule has 0 unspecified atom stereocenters. The van der Waals surface area contributed by atoms with Crippen LogP contribution in [-0.2, 0) is 16.1 Å². The van der Waals surface area contributed by atoms with E-state index in [1.165, 1.54) is 18.2 Å². The second-order valence-electron chi connectivity index (χ2n) is 5.90. The number of hydrogen-bond donors (Lipinski definition) is 1. The minimum atomic E-state index is -0.891. The minimum absolute atomic E-state index is 0.213. The van der Waals surface area contributed by atoms with Crippen molar-refractivity contribution >= 4 is 17.6 Å². The molecule has 3 rings (SSSR count). The second-order valence-corrected chi connectivity index (χ2v) is 5.90. The van der Waals surface area contributed by atoms with E-state index in [-0.39, 0.29) is 5.56 Å². The summed E-state index contributed by atoms with van der Waals surface area (Å²) in [5.41, 5.74) is 1.37. The number of rotatable bonds is 7. The highest BCUT2D eigenvalue weighted by Gasteiger charge is 2.14. The average Bonchev–Trinajstić information content (AvgIpc) is 2.72. The zero-order valence-corrected chi connectivity index (χ0v) is 14.9. The van der Waals surface area contributed by atoms with Gasteiger partial charge >= 0.3 is 5.97 Å². The largest absolute Gasteiger partial charge is 0.489 e. The van der Waals surface area contributed by atoms with Crippen LogP contribution in [0, 0.1) is 5.82 Å². The predicted octanol–water partition coefficient (Wildman–Crippen LogP) is 4.20. The van der Waals surface area contributed by atoms with Crippen LogP contribution in [-0.4, -0.2) is 18.5 Å². The molecular formula is C22H18FNO4. The number of carbonyl (C=O) groups is 2. The average molecular weight is 379 g/mol. The molecule has 0 spiro atoms. The Hall–Kier alpha value is -3.67. The molecule has 0 saturated carbocycles. The van der Waals surface area contributed by atoms with E-state index < -0.39 is 24.3 Å². The highest BCUT2D eigenvalue weighted by molar-refractivity contribution is 5.95. The molecule has 0 aliphatic carbocycles. The summed E-state index contributed by atoms with van der Waals surface area (Å²) in [5, 5.41) is 2.60. The van der Waals surface area contributed by atoms with Gasteiger partial charge in [-0.3, -0.25) is 4.79 Å². The molecule has 1 N–H and O–H groups in total. The van der Waals surface area contributed by atoms with Gasteiger partial charge in [0.2, 0.25) is 0 Å². The first-order valence-corrected chi connectivity index (χ1v) is 8.60. The molecule has 3 aromatic carbocycles. The highest BCUT2D eigenvalue weighted by atomic mass is 19.1. The molecule has 0 radical (unpaired) electrons. The lowest BCUT2D eigenvalue weighted by Crippen LogP contribution is -2.21. The van der Waals surface area contributed by atoms with E-state index in [0.29, 0.717) is 18.0 Å². The Kier molecular flexibility index (Phi) is 6.36. The van der Waals surface area contributed by atoms with E-state index in [4.69, 9.17) is 9.47 Å². The van der Waals surface area contributed by atoms with Gasteiger partial charge in [-0.05, 0) is 42.0 Å². The van der Waals surface area contributed by atoms with Gasteiger partial charge in [-0.2, -0.15) is 0 Å². The van der Waals surface area contributed by atoms with Crippen LogP contribution in [0.4, 0.5) is 10.1 Å². The molecule has 28 heavy (non-hydrogen) atoms. The molecule has 0 aromatic heterocycles. The lowest BCUT2D eigenvalue weighted by Gasteiger charge is -2.09. The van der Waals surface area contributed by atoms with Crippen molar-refractivity contribution < 1.29 is 23.5 Å². The Morgan fingerprint density at radius 1 is 0.857 bits per heavy atom. The van der Waals surface area contributed by atoms with Crippen LogP contribution in [0.1, 0.15) is 15.9 Å². The summed E-state index contributed by atoms with van der Waals surface area (Å²) in [6, 6.07) is 22.0. The molecule has 0 fully saturated rings. The first-order chi connectivity index (χ1) is 13.6. The normalized spacial score (nSPS) is 10.2. The fourth-order valence-electron chi connectivity index (χ4n) is 2.41. The molecule has 0 aliphatic rings. The van der Waals surface area contributed by atoms with Gasteiger partial charge in [0.05, 0.1) is 5.56 Å². The zero-order valence-electron chi connectivity index (χ0n) is 14.9. The molecule has 3 aromatic rings. The van der Waals surface area contributed by atoms with Crippen molar-refractivity contribution in [1.82, 2.24) is 0 Å². The first-order valence-electron chi connectivity index (χ1n) is 8.60. The van der Waals surface area contributed by atoms with Gasteiger partial charge in [0, 0.05) is 5.69 Å². The van der Waals surface area contributed by atoms with Crippen LogP contribution in [0.15, 0.2) is 78.9 Å². The molecule has 0 saturated heterocycles. The van der Waals surface area contributed by atoms with Crippen LogP contribution < -0.4 is 10.1 Å². The molecule has 0 aliphatic heterocycles. The monoisotopic (exact) mass is 379 g/mol. The maximum Gasteiger partial charge on any atom is 0.341 e. The van der Waals surface area contributed by atoms with Crippen molar-refractivity contribution in [2.24, 2.45) is 0 Å². The summed E-state index contributed by atoms with van der Waals surface area (Å²) in [4.78, 5) is 23.7. The van der Waals surface area contributed by atoms with Crippen molar-refractivity contribution in [3.8, 4) is 5.75 Å². The Morgan fingerprint density at radius 3 is 2.25 bits per heavy atom. The minimum Gasteiger partial charge on any atom is -0.489 e. The molecule has 6 heteroatoms. The number of benzene rings is 3. The quantitative estimate of drug-likeness (QED) is 0.625. The van der Waals surface area contributed by atoms with Crippen molar-refractivity contribution in [1.29, 1.82) is 0 Å². The van der Waals surface area contributed by atoms with E-state index >= 15 is 0 Å². The molecule has 1 amide bonds. The molecular weight excluding hydrogens is 361 g/mol. The van der Waals surface area contributed by atoms with Crippen LogP contribution >= 0.6 is 0 Å². The third-order valence-corrected chi connectivity index (χ3v) is 3.81. The number of esters is 1. The molecule has 142 valence electrons. The van der Waals surface area contributed by atoms with E-state index in [9.17, 15) is 14.0 Å². The van der Waals surface area contributed by atoms with Gasteiger partial charge in [0.25, 0.3) is 5.91 Å². The van der Waals surface area contributed by atoms with E-state index in [0.717, 1.165) is 11.6 Å². The van der Waals surface area contributed by atoms with Crippen molar-refractivity contribution in [2.75, 3.05) is 11.9 Å². The fourth-order valence-corrected chi connectivity index (χ4v) is 2.41. The Morgan fingerprint density at radius 2 is 1.54 bits per heavy atom. The van der Waals surface area contributed by atoms with Crippen LogP contribution in [0.5, 0.6) is 5.75 Å². The van der Waals surface area contributed by atoms with Gasteiger partial charge in [-0.15, -0.1) is 0 Å². The van der Waals surface area contributed by atoms with Gasteiger partial charge < -0.3 is 14.8 Å². The van der Waals surface area contributed by atoms with Crippen LogP contribution in [0.3, 0.4) is 0 Å². The Labute approximate surface area is 161 Å². The number of amides is 1. The molecule has 0 heterocycles. The SMILES string of the molecule is O=C(COC(=O)c1ccccc1F)Nc1ccc(OCc2ccccc2)cc1.